The first-order valence-electron chi connectivity index (χ1n) is 8.67. The lowest BCUT2D eigenvalue weighted by Crippen LogP contribution is -2.46. The summed E-state index contributed by atoms with van der Waals surface area (Å²) in [5, 5.41) is 10.2. The standard InChI is InChI=1S/C18H22ClN5O2/c19-15-6-2-1-5-13(15)16-14(10-22-23-16)18(26)24-9-3-4-12(11-24)17(25)21-8-7-20/h1-2,5-6,10,12H,3-4,7-9,11,20H2,(H,21,25)(H,22,23). The molecule has 3 rings (SSSR count). The molecule has 1 unspecified atom stereocenters. The van der Waals surface area contributed by atoms with Crippen LogP contribution in [-0.4, -0.2) is 53.1 Å². The van der Waals surface area contributed by atoms with E-state index in [9.17, 15) is 9.59 Å². The predicted octanol–water partition coefficient (Wildman–Crippen LogP) is 1.66. The van der Waals surface area contributed by atoms with E-state index in [0.717, 1.165) is 18.4 Å². The Morgan fingerprint density at radius 1 is 1.38 bits per heavy atom. The summed E-state index contributed by atoms with van der Waals surface area (Å²) in [7, 11) is 0. The van der Waals surface area contributed by atoms with Gasteiger partial charge < -0.3 is 16.0 Å². The molecule has 1 fully saturated rings. The van der Waals surface area contributed by atoms with Crippen LogP contribution in [0.15, 0.2) is 30.5 Å². The van der Waals surface area contributed by atoms with Crippen molar-refractivity contribution in [1.82, 2.24) is 20.4 Å². The molecule has 138 valence electrons. The fraction of sp³-hybridized carbons (Fsp3) is 0.389. The van der Waals surface area contributed by atoms with Gasteiger partial charge >= 0.3 is 0 Å². The molecule has 7 nitrogen and oxygen atoms in total. The number of nitrogens with two attached hydrogens (primary N) is 1. The number of aromatic nitrogens is 2. The number of likely N-dealkylation sites (tertiary alicyclic amines) is 1. The van der Waals surface area contributed by atoms with E-state index in [1.54, 1.807) is 11.0 Å². The highest BCUT2D eigenvalue weighted by molar-refractivity contribution is 6.33. The lowest BCUT2D eigenvalue weighted by Gasteiger charge is -2.32. The molecule has 0 radical (unpaired) electrons. The Hall–Kier alpha value is -2.38. The van der Waals surface area contributed by atoms with Crippen LogP contribution in [0.25, 0.3) is 11.3 Å². The molecule has 2 amide bonds. The van der Waals surface area contributed by atoms with Gasteiger partial charge in [-0.25, -0.2) is 0 Å². The Morgan fingerprint density at radius 3 is 2.96 bits per heavy atom. The van der Waals surface area contributed by atoms with Crippen LogP contribution in [0.5, 0.6) is 0 Å². The monoisotopic (exact) mass is 375 g/mol. The number of carbonyl (C=O) groups is 2. The second-order valence-electron chi connectivity index (χ2n) is 6.31. The average molecular weight is 376 g/mol. The first-order chi connectivity index (χ1) is 12.6. The molecule has 1 aliphatic rings. The fourth-order valence-electron chi connectivity index (χ4n) is 3.20. The lowest BCUT2D eigenvalue weighted by atomic mass is 9.96. The van der Waals surface area contributed by atoms with Crippen molar-refractivity contribution in [3.05, 3.63) is 41.0 Å². The molecule has 0 bridgehead atoms. The molecule has 2 aromatic rings. The first-order valence-corrected chi connectivity index (χ1v) is 9.05. The summed E-state index contributed by atoms with van der Waals surface area (Å²) in [5.74, 6) is -0.411. The predicted molar refractivity (Wildman–Crippen MR) is 99.7 cm³/mol. The molecule has 0 spiro atoms. The van der Waals surface area contributed by atoms with Crippen LogP contribution in [-0.2, 0) is 4.79 Å². The lowest BCUT2D eigenvalue weighted by molar-refractivity contribution is -0.126. The van der Waals surface area contributed by atoms with E-state index >= 15 is 0 Å². The number of hydrogen-bond donors (Lipinski definition) is 3. The number of aromatic amines is 1. The quantitative estimate of drug-likeness (QED) is 0.739. The molecule has 1 aromatic carbocycles. The number of nitrogens with one attached hydrogen (secondary N) is 2. The molecule has 8 heteroatoms. The highest BCUT2D eigenvalue weighted by Gasteiger charge is 2.30. The van der Waals surface area contributed by atoms with Crippen molar-refractivity contribution in [2.75, 3.05) is 26.2 Å². The number of hydrogen-bond acceptors (Lipinski definition) is 4. The van der Waals surface area contributed by atoms with Crippen LogP contribution in [0.1, 0.15) is 23.2 Å². The number of halogens is 1. The van der Waals surface area contributed by atoms with Crippen molar-refractivity contribution in [2.45, 2.75) is 12.8 Å². The van der Waals surface area contributed by atoms with Gasteiger partial charge in [-0.05, 0) is 18.9 Å². The SMILES string of the molecule is NCCNC(=O)C1CCCN(C(=O)c2cn[nH]c2-c2ccccc2Cl)C1. The number of rotatable bonds is 5. The van der Waals surface area contributed by atoms with Gasteiger partial charge in [-0.2, -0.15) is 5.10 Å². The van der Waals surface area contributed by atoms with Crippen LogP contribution in [0, 0.1) is 5.92 Å². The normalized spacial score (nSPS) is 17.2. The van der Waals surface area contributed by atoms with Crippen molar-refractivity contribution in [3.63, 3.8) is 0 Å². The van der Waals surface area contributed by atoms with Gasteiger partial charge in [0.1, 0.15) is 0 Å². The molecule has 0 aliphatic carbocycles. The minimum atomic E-state index is -0.213. The van der Waals surface area contributed by atoms with Gasteiger partial charge in [0.2, 0.25) is 5.91 Å². The summed E-state index contributed by atoms with van der Waals surface area (Å²) < 4.78 is 0. The smallest absolute Gasteiger partial charge is 0.257 e. The van der Waals surface area contributed by atoms with E-state index < -0.39 is 0 Å². The average Bonchev–Trinajstić information content (AvgIpc) is 3.15. The number of carbonyl (C=O) groups excluding carboxylic acids is 2. The third-order valence-corrected chi connectivity index (χ3v) is 4.87. The Bertz CT molecular complexity index is 791. The van der Waals surface area contributed by atoms with Crippen LogP contribution < -0.4 is 11.1 Å². The second-order valence-corrected chi connectivity index (χ2v) is 6.72. The molecule has 26 heavy (non-hydrogen) atoms. The van der Waals surface area contributed by atoms with E-state index in [0.29, 0.717) is 42.5 Å². The zero-order valence-electron chi connectivity index (χ0n) is 14.4. The van der Waals surface area contributed by atoms with Gasteiger partial charge in [-0.15, -0.1) is 0 Å². The minimum Gasteiger partial charge on any atom is -0.355 e. The van der Waals surface area contributed by atoms with Crippen LogP contribution in [0.3, 0.4) is 0 Å². The summed E-state index contributed by atoms with van der Waals surface area (Å²) in [6.07, 6.45) is 3.06. The van der Waals surface area contributed by atoms with E-state index in [1.165, 1.54) is 6.20 Å². The Kier molecular flexibility index (Phi) is 5.90. The maximum absolute atomic E-state index is 13.0. The fourth-order valence-corrected chi connectivity index (χ4v) is 3.43. The Morgan fingerprint density at radius 2 is 2.19 bits per heavy atom. The number of piperidine rings is 1. The molecule has 4 N–H and O–H groups in total. The minimum absolute atomic E-state index is 0.0496. The van der Waals surface area contributed by atoms with Gasteiger partial charge in [-0.3, -0.25) is 14.7 Å². The second kappa shape index (κ2) is 8.33. The molecule has 0 saturated carbocycles. The number of H-pyrrole nitrogens is 1. The molecular weight excluding hydrogens is 354 g/mol. The number of amides is 2. The highest BCUT2D eigenvalue weighted by Crippen LogP contribution is 2.30. The van der Waals surface area contributed by atoms with Crippen molar-refractivity contribution >= 4 is 23.4 Å². The summed E-state index contributed by atoms with van der Waals surface area (Å²) in [6.45, 7) is 1.86. The van der Waals surface area contributed by atoms with Crippen LogP contribution >= 0.6 is 11.6 Å². The van der Waals surface area contributed by atoms with E-state index in [2.05, 4.69) is 15.5 Å². The van der Waals surface area contributed by atoms with Gasteiger partial charge in [-0.1, -0.05) is 29.8 Å². The molecular formula is C18H22ClN5O2. The van der Waals surface area contributed by atoms with Crippen molar-refractivity contribution in [1.29, 1.82) is 0 Å². The van der Waals surface area contributed by atoms with Gasteiger partial charge in [0.05, 0.1) is 23.4 Å². The summed E-state index contributed by atoms with van der Waals surface area (Å²) in [5.41, 5.74) is 7.21. The van der Waals surface area contributed by atoms with Crippen molar-refractivity contribution in [3.8, 4) is 11.3 Å². The topological polar surface area (TPSA) is 104 Å². The summed E-state index contributed by atoms with van der Waals surface area (Å²) in [4.78, 5) is 26.9. The zero-order valence-corrected chi connectivity index (χ0v) is 15.1. The van der Waals surface area contributed by atoms with Crippen LogP contribution in [0.4, 0.5) is 0 Å². The third kappa shape index (κ3) is 3.89. The summed E-state index contributed by atoms with van der Waals surface area (Å²) in [6, 6.07) is 7.30. The highest BCUT2D eigenvalue weighted by atomic mass is 35.5. The molecule has 1 atom stereocenters. The van der Waals surface area contributed by atoms with Crippen molar-refractivity contribution < 1.29 is 9.59 Å². The number of benzene rings is 1. The van der Waals surface area contributed by atoms with Gasteiger partial charge in [0.15, 0.2) is 0 Å². The molecule has 1 aromatic heterocycles. The van der Waals surface area contributed by atoms with Crippen LogP contribution in [0.2, 0.25) is 5.02 Å². The first kappa shape index (κ1) is 18.4. The largest absolute Gasteiger partial charge is 0.355 e. The molecule has 1 aliphatic heterocycles. The number of nitrogens with zero attached hydrogens (tertiary/aromatic N) is 2. The van der Waals surface area contributed by atoms with E-state index in [-0.39, 0.29) is 17.7 Å². The zero-order chi connectivity index (χ0) is 18.5. The summed E-state index contributed by atoms with van der Waals surface area (Å²) >= 11 is 6.26. The van der Waals surface area contributed by atoms with Gasteiger partial charge in [0.25, 0.3) is 5.91 Å². The van der Waals surface area contributed by atoms with E-state index in [1.807, 2.05) is 18.2 Å². The third-order valence-electron chi connectivity index (χ3n) is 4.54. The Balaban J connectivity index is 1.77. The Labute approximate surface area is 156 Å². The van der Waals surface area contributed by atoms with Gasteiger partial charge in [0, 0.05) is 36.8 Å². The molecule has 2 heterocycles. The van der Waals surface area contributed by atoms with Crippen molar-refractivity contribution in [2.24, 2.45) is 11.7 Å². The van der Waals surface area contributed by atoms with E-state index in [4.69, 9.17) is 17.3 Å². The maximum atomic E-state index is 13.0. The maximum Gasteiger partial charge on any atom is 0.257 e. The molecule has 1 saturated heterocycles.